The van der Waals surface area contributed by atoms with Crippen molar-refractivity contribution in [1.82, 2.24) is 9.80 Å². The SMILES string of the molecule is CCN1C2=C(C=CCC2)SC1C=C1C=C(C=C2OC3=C(CC(C)C=C3)N2C)CC(c2ccccc2)C1. The Morgan fingerprint density at radius 2 is 1.94 bits per heavy atom. The Balaban J connectivity index is 1.31. The Morgan fingerprint density at radius 3 is 2.78 bits per heavy atom. The van der Waals surface area contributed by atoms with Gasteiger partial charge in [0.05, 0.1) is 11.1 Å². The first kappa shape index (κ1) is 23.5. The molecule has 36 heavy (non-hydrogen) atoms. The fraction of sp³-hybridized carbons (Fsp3) is 0.375. The number of thioether (sulfide) groups is 1. The second kappa shape index (κ2) is 9.89. The Labute approximate surface area is 220 Å². The van der Waals surface area contributed by atoms with E-state index in [0.717, 1.165) is 43.9 Å². The van der Waals surface area contributed by atoms with Crippen LogP contribution < -0.4 is 0 Å². The molecule has 0 spiro atoms. The quantitative estimate of drug-likeness (QED) is 0.420. The molecule has 0 amide bonds. The fourth-order valence-electron chi connectivity index (χ4n) is 6.04. The summed E-state index contributed by atoms with van der Waals surface area (Å²) < 4.78 is 6.33. The summed E-state index contributed by atoms with van der Waals surface area (Å²) in [6, 6.07) is 11.0. The van der Waals surface area contributed by atoms with Gasteiger partial charge in [-0.15, -0.1) is 0 Å². The van der Waals surface area contributed by atoms with Crippen molar-refractivity contribution in [1.29, 1.82) is 0 Å². The summed E-state index contributed by atoms with van der Waals surface area (Å²) in [7, 11) is 2.15. The molecule has 1 aromatic carbocycles. The summed E-state index contributed by atoms with van der Waals surface area (Å²) in [5.41, 5.74) is 7.05. The minimum absolute atomic E-state index is 0.378. The fourth-order valence-corrected chi connectivity index (χ4v) is 7.47. The van der Waals surface area contributed by atoms with Crippen molar-refractivity contribution in [3.63, 3.8) is 0 Å². The second-order valence-corrected chi connectivity index (χ2v) is 11.7. The number of hydrogen-bond acceptors (Lipinski definition) is 4. The number of hydrogen-bond donors (Lipinski definition) is 0. The minimum Gasteiger partial charge on any atom is -0.439 e. The van der Waals surface area contributed by atoms with Crippen LogP contribution >= 0.6 is 11.8 Å². The van der Waals surface area contributed by atoms with Crippen LogP contribution in [0.4, 0.5) is 0 Å². The zero-order chi connectivity index (χ0) is 24.6. The third kappa shape index (κ3) is 4.52. The molecule has 3 atom stereocenters. The van der Waals surface area contributed by atoms with E-state index in [0.29, 0.717) is 17.2 Å². The molecule has 1 aromatic rings. The summed E-state index contributed by atoms with van der Waals surface area (Å²) in [6.45, 7) is 5.61. The Bertz CT molecular complexity index is 1250. The van der Waals surface area contributed by atoms with Crippen LogP contribution in [0.5, 0.6) is 0 Å². The summed E-state index contributed by atoms with van der Waals surface area (Å²) in [5, 5.41) is 0.378. The molecule has 2 heterocycles. The Hall–Kier alpha value is -2.85. The van der Waals surface area contributed by atoms with E-state index in [1.807, 2.05) is 11.8 Å². The normalized spacial score (nSPS) is 29.8. The largest absolute Gasteiger partial charge is 0.439 e. The molecule has 2 aliphatic heterocycles. The van der Waals surface area contributed by atoms with Crippen LogP contribution in [0.2, 0.25) is 0 Å². The number of benzene rings is 1. The summed E-state index contributed by atoms with van der Waals surface area (Å²) in [5.74, 6) is 3.00. The van der Waals surface area contributed by atoms with Crippen molar-refractivity contribution in [2.45, 2.75) is 57.2 Å². The van der Waals surface area contributed by atoms with E-state index in [2.05, 4.69) is 104 Å². The highest BCUT2D eigenvalue weighted by atomic mass is 32.2. The molecule has 0 saturated carbocycles. The number of nitrogens with zero attached hydrogens (tertiary/aromatic N) is 2. The Morgan fingerprint density at radius 1 is 1.08 bits per heavy atom. The highest BCUT2D eigenvalue weighted by Crippen LogP contribution is 2.45. The van der Waals surface area contributed by atoms with Gasteiger partial charge >= 0.3 is 0 Å². The second-order valence-electron chi connectivity index (χ2n) is 10.5. The molecule has 6 rings (SSSR count). The van der Waals surface area contributed by atoms with E-state index in [1.54, 1.807) is 0 Å². The average molecular weight is 497 g/mol. The first-order valence-electron chi connectivity index (χ1n) is 13.4. The molecule has 3 aliphatic carbocycles. The molecule has 3 unspecified atom stereocenters. The van der Waals surface area contributed by atoms with Crippen LogP contribution in [0.3, 0.4) is 0 Å². The van der Waals surface area contributed by atoms with E-state index in [-0.39, 0.29) is 0 Å². The van der Waals surface area contributed by atoms with Crippen molar-refractivity contribution in [2.75, 3.05) is 13.6 Å². The molecule has 3 nitrogen and oxygen atoms in total. The maximum atomic E-state index is 6.33. The van der Waals surface area contributed by atoms with Crippen LogP contribution in [0.1, 0.15) is 57.4 Å². The van der Waals surface area contributed by atoms with Gasteiger partial charge in [-0.2, -0.15) is 0 Å². The predicted molar refractivity (Wildman–Crippen MR) is 151 cm³/mol. The molecule has 4 heteroatoms. The van der Waals surface area contributed by atoms with Crippen LogP contribution in [0.15, 0.2) is 112 Å². The van der Waals surface area contributed by atoms with E-state index in [4.69, 9.17) is 4.74 Å². The number of ether oxygens (including phenoxy) is 1. The molecule has 0 bridgehead atoms. The zero-order valence-corrected chi connectivity index (χ0v) is 22.4. The average Bonchev–Trinajstić information content (AvgIpc) is 3.40. The molecule has 0 aromatic heterocycles. The third-order valence-electron chi connectivity index (χ3n) is 7.94. The molecule has 0 radical (unpaired) electrons. The first-order chi connectivity index (χ1) is 17.6. The summed E-state index contributed by atoms with van der Waals surface area (Å²) in [4.78, 5) is 6.32. The van der Waals surface area contributed by atoms with E-state index >= 15 is 0 Å². The van der Waals surface area contributed by atoms with E-state index < -0.39 is 0 Å². The molecular weight excluding hydrogens is 460 g/mol. The molecule has 186 valence electrons. The smallest absolute Gasteiger partial charge is 0.200 e. The van der Waals surface area contributed by atoms with Crippen LogP contribution in [0.25, 0.3) is 0 Å². The Kier molecular flexibility index (Phi) is 6.47. The van der Waals surface area contributed by atoms with E-state index in [9.17, 15) is 0 Å². The van der Waals surface area contributed by atoms with Gasteiger partial charge in [0.1, 0.15) is 5.76 Å². The summed E-state index contributed by atoms with van der Waals surface area (Å²) in [6.07, 6.45) is 21.8. The van der Waals surface area contributed by atoms with Crippen molar-refractivity contribution >= 4 is 11.8 Å². The highest BCUT2D eigenvalue weighted by Gasteiger charge is 2.32. The standard InChI is InChI=1S/C32H36N2OS/c1-4-34-27-12-8-9-13-30(27)36-32(34)21-24-17-23(18-26(19-24)25-10-6-5-7-11-25)20-31-33(3)28-16-22(2)14-15-29(28)35-31/h5-7,9-11,13-15,17,20-22,26,32H,4,8,12,16,18-19H2,1-3H3. The molecule has 5 aliphatic rings. The lowest BCUT2D eigenvalue weighted by molar-refractivity contribution is 0.273. The number of allylic oxidation sites excluding steroid dienone is 10. The lowest BCUT2D eigenvalue weighted by Crippen LogP contribution is -2.27. The summed E-state index contributed by atoms with van der Waals surface area (Å²) >= 11 is 2.02. The highest BCUT2D eigenvalue weighted by molar-refractivity contribution is 8.04. The molecule has 0 saturated heterocycles. The van der Waals surface area contributed by atoms with Gasteiger partial charge in [0.15, 0.2) is 5.88 Å². The number of likely N-dealkylation sites (N-methyl/N-ethyl adjacent to an activating group) is 1. The van der Waals surface area contributed by atoms with Gasteiger partial charge in [-0.3, -0.25) is 0 Å². The maximum absolute atomic E-state index is 6.33. The molecule has 0 fully saturated rings. The van der Waals surface area contributed by atoms with Crippen LogP contribution in [-0.2, 0) is 4.74 Å². The minimum atomic E-state index is 0.378. The zero-order valence-electron chi connectivity index (χ0n) is 21.6. The van der Waals surface area contributed by atoms with Crippen LogP contribution in [0, 0.1) is 5.92 Å². The third-order valence-corrected chi connectivity index (χ3v) is 9.20. The van der Waals surface area contributed by atoms with Crippen molar-refractivity contribution in [2.24, 2.45) is 5.92 Å². The van der Waals surface area contributed by atoms with Gasteiger partial charge in [-0.1, -0.05) is 73.3 Å². The molecule has 0 N–H and O–H groups in total. The van der Waals surface area contributed by atoms with Gasteiger partial charge < -0.3 is 14.5 Å². The van der Waals surface area contributed by atoms with Gasteiger partial charge in [-0.25, -0.2) is 0 Å². The number of rotatable bonds is 4. The van der Waals surface area contributed by atoms with Gasteiger partial charge in [-0.05, 0) is 79.7 Å². The van der Waals surface area contributed by atoms with Gasteiger partial charge in [0, 0.05) is 30.3 Å². The lowest BCUT2D eigenvalue weighted by Gasteiger charge is -2.29. The van der Waals surface area contributed by atoms with Crippen molar-refractivity contribution < 1.29 is 4.74 Å². The van der Waals surface area contributed by atoms with Crippen LogP contribution in [-0.4, -0.2) is 28.8 Å². The van der Waals surface area contributed by atoms with Gasteiger partial charge in [0.2, 0.25) is 0 Å². The molecular formula is C32H36N2OS. The lowest BCUT2D eigenvalue weighted by atomic mass is 9.81. The topological polar surface area (TPSA) is 15.7 Å². The predicted octanol–water partition coefficient (Wildman–Crippen LogP) is 7.98. The van der Waals surface area contributed by atoms with Crippen molar-refractivity contribution in [3.8, 4) is 0 Å². The monoisotopic (exact) mass is 496 g/mol. The maximum Gasteiger partial charge on any atom is 0.200 e. The van der Waals surface area contributed by atoms with Gasteiger partial charge in [0.25, 0.3) is 0 Å². The first-order valence-corrected chi connectivity index (χ1v) is 14.3. The van der Waals surface area contributed by atoms with E-state index in [1.165, 1.54) is 39.4 Å². The van der Waals surface area contributed by atoms with Crippen molar-refractivity contribution in [3.05, 3.63) is 118 Å².